The van der Waals surface area contributed by atoms with Gasteiger partial charge in [-0.25, -0.2) is 4.68 Å². The molecule has 16 heteroatoms. The van der Waals surface area contributed by atoms with Gasteiger partial charge in [0.2, 0.25) is 5.78 Å². The Morgan fingerprint density at radius 2 is 1.59 bits per heavy atom. The largest absolute Gasteiger partial charge is 0.416 e. The second-order valence-corrected chi connectivity index (χ2v) is 10.9. The smallest absolute Gasteiger partial charge is 0.382 e. The molecule has 0 radical (unpaired) electrons. The Morgan fingerprint density at radius 3 is 2.16 bits per heavy atom. The molecule has 0 unspecified atom stereocenters. The number of ketones is 1. The van der Waals surface area contributed by atoms with Gasteiger partial charge in [0.05, 0.1) is 41.5 Å². The van der Waals surface area contributed by atoms with Crippen LogP contribution in [-0.4, -0.2) is 57.3 Å². The van der Waals surface area contributed by atoms with Gasteiger partial charge in [-0.2, -0.15) is 26.3 Å². The summed E-state index contributed by atoms with van der Waals surface area (Å²) < 4.78 is 93.3. The van der Waals surface area contributed by atoms with Gasteiger partial charge >= 0.3 is 12.4 Å². The van der Waals surface area contributed by atoms with Gasteiger partial charge in [0.15, 0.2) is 17.3 Å². The third kappa shape index (κ3) is 6.30. The fraction of sp³-hybridized carbons (Fsp3) is 0.357. The van der Waals surface area contributed by atoms with Crippen molar-refractivity contribution in [1.29, 1.82) is 0 Å². The third-order valence-electron chi connectivity index (χ3n) is 6.82. The molecule has 0 bridgehead atoms. The van der Waals surface area contributed by atoms with Gasteiger partial charge in [0.25, 0.3) is 0 Å². The summed E-state index contributed by atoms with van der Waals surface area (Å²) in [6.07, 6.45) is -10.1. The number of hydrogen-bond acceptors (Lipinski definition) is 8. The van der Waals surface area contributed by atoms with Crippen LogP contribution in [0.4, 0.5) is 32.2 Å². The third-order valence-corrected chi connectivity index (χ3v) is 7.15. The Kier molecular flexibility index (Phi) is 8.24. The topological polar surface area (TPSA) is 107 Å². The Morgan fingerprint density at radius 1 is 0.977 bits per heavy atom. The molecule has 1 saturated heterocycles. The van der Waals surface area contributed by atoms with Crippen LogP contribution in [0.3, 0.4) is 0 Å². The van der Waals surface area contributed by atoms with Crippen LogP contribution < -0.4 is 4.90 Å². The van der Waals surface area contributed by atoms with Crippen LogP contribution in [-0.2, 0) is 29.2 Å². The molecule has 4 aromatic rings. The van der Waals surface area contributed by atoms with Crippen molar-refractivity contribution in [2.75, 3.05) is 31.2 Å². The van der Waals surface area contributed by atoms with E-state index < -0.39 is 41.4 Å². The van der Waals surface area contributed by atoms with E-state index in [1.54, 1.807) is 17.0 Å². The highest BCUT2D eigenvalue weighted by molar-refractivity contribution is 6.35. The van der Waals surface area contributed by atoms with E-state index in [9.17, 15) is 36.2 Å². The monoisotopic (exact) mass is 643 g/mol. The maximum Gasteiger partial charge on any atom is 0.416 e. The van der Waals surface area contributed by atoms with E-state index in [1.165, 1.54) is 26.0 Å². The molecule has 9 nitrogen and oxygen atoms in total. The Hall–Kier alpha value is -3.95. The van der Waals surface area contributed by atoms with Crippen molar-refractivity contribution in [1.82, 2.24) is 20.2 Å². The van der Waals surface area contributed by atoms with E-state index >= 15 is 0 Å². The van der Waals surface area contributed by atoms with Crippen LogP contribution in [0.1, 0.15) is 52.2 Å². The molecule has 0 spiro atoms. The molecule has 1 aliphatic heterocycles. The van der Waals surface area contributed by atoms with E-state index in [0.29, 0.717) is 12.1 Å². The predicted octanol–water partition coefficient (Wildman–Crippen LogP) is 5.97. The van der Waals surface area contributed by atoms with Crippen LogP contribution in [0.2, 0.25) is 5.02 Å². The summed E-state index contributed by atoms with van der Waals surface area (Å²) in [7, 11) is 0. The van der Waals surface area contributed by atoms with Crippen LogP contribution in [0, 0.1) is 0 Å². The summed E-state index contributed by atoms with van der Waals surface area (Å²) >= 11 is 6.29. The number of benzene rings is 2. The fourth-order valence-electron chi connectivity index (χ4n) is 4.80. The number of carbonyl (C=O) groups excluding carboxylic acids is 1. The highest BCUT2D eigenvalue weighted by Crippen LogP contribution is 2.40. The van der Waals surface area contributed by atoms with Crippen molar-refractivity contribution in [3.8, 4) is 11.4 Å². The number of anilines is 1. The van der Waals surface area contributed by atoms with Gasteiger partial charge in [-0.1, -0.05) is 34.1 Å². The standard InChI is InChI=1S/C28H24ClF6N5O4/c1-26(2,42)24-20(23(41)18-5-3-4-6-19(18)29)21(37-44-24)22-25(39-7-9-43-10-8-39)40(38-36-22)14-15-11-16(27(30,31)32)13-17(12-15)28(33,34)35/h3-6,11-13,42H,7-10,14H2,1-2H3. The number of nitrogens with zero attached hydrogens (tertiary/aromatic N) is 5. The summed E-state index contributed by atoms with van der Waals surface area (Å²) in [5.41, 5.74) is -5.34. The molecule has 3 heterocycles. The van der Waals surface area contributed by atoms with Crippen LogP contribution in [0.25, 0.3) is 11.4 Å². The molecule has 2 aromatic carbocycles. The molecular formula is C28H24ClF6N5O4. The molecule has 0 saturated carbocycles. The Labute approximate surface area is 250 Å². The van der Waals surface area contributed by atoms with Crippen molar-refractivity contribution in [2.24, 2.45) is 0 Å². The minimum Gasteiger partial charge on any atom is -0.382 e. The molecule has 2 aromatic heterocycles. The lowest BCUT2D eigenvalue weighted by Gasteiger charge is -2.29. The van der Waals surface area contributed by atoms with Crippen LogP contribution in [0.15, 0.2) is 47.0 Å². The molecule has 1 N–H and O–H groups in total. The zero-order chi connectivity index (χ0) is 32.0. The Balaban J connectivity index is 1.69. The van der Waals surface area contributed by atoms with E-state index in [-0.39, 0.29) is 77.0 Å². The minimum absolute atomic E-state index is 0.0410. The zero-order valence-electron chi connectivity index (χ0n) is 23.1. The average Bonchev–Trinajstić information content (AvgIpc) is 3.57. The van der Waals surface area contributed by atoms with Gasteiger partial charge in [0, 0.05) is 18.7 Å². The minimum atomic E-state index is -5.04. The van der Waals surface area contributed by atoms with Gasteiger partial charge in [-0.05, 0) is 49.7 Å². The van der Waals surface area contributed by atoms with E-state index in [0.717, 1.165) is 4.68 Å². The number of aliphatic hydroxyl groups is 1. The number of carbonyl (C=O) groups is 1. The lowest BCUT2D eigenvalue weighted by atomic mass is 9.93. The van der Waals surface area contributed by atoms with Crippen molar-refractivity contribution < 1.29 is 45.5 Å². The second kappa shape index (κ2) is 11.5. The summed E-state index contributed by atoms with van der Waals surface area (Å²) in [5.74, 6) is -0.741. The van der Waals surface area contributed by atoms with Crippen LogP contribution in [0.5, 0.6) is 0 Å². The highest BCUT2D eigenvalue weighted by atomic mass is 35.5. The average molecular weight is 644 g/mol. The van der Waals surface area contributed by atoms with Gasteiger partial charge < -0.3 is 19.3 Å². The van der Waals surface area contributed by atoms with Crippen molar-refractivity contribution in [3.05, 3.63) is 81.1 Å². The number of halogens is 7. The van der Waals surface area contributed by atoms with E-state index in [2.05, 4.69) is 15.5 Å². The maximum absolute atomic E-state index is 13.8. The molecule has 5 rings (SSSR count). The SMILES string of the molecule is CC(C)(O)c1onc(-c2nnn(Cc3cc(C(F)(F)F)cc(C(F)(F)F)c3)c2N2CCOCC2)c1C(=O)c1ccccc1Cl. The van der Waals surface area contributed by atoms with Gasteiger partial charge in [0.1, 0.15) is 11.3 Å². The van der Waals surface area contributed by atoms with Gasteiger partial charge in [-0.15, -0.1) is 5.10 Å². The molecule has 0 atom stereocenters. The van der Waals surface area contributed by atoms with Crippen LogP contribution >= 0.6 is 11.6 Å². The molecule has 44 heavy (non-hydrogen) atoms. The molecule has 1 fully saturated rings. The summed E-state index contributed by atoms with van der Waals surface area (Å²) in [4.78, 5) is 15.5. The zero-order valence-corrected chi connectivity index (χ0v) is 23.9. The quantitative estimate of drug-likeness (QED) is 0.194. The molecule has 1 aliphatic rings. The molecule has 0 aliphatic carbocycles. The second-order valence-electron chi connectivity index (χ2n) is 10.5. The normalized spacial score (nSPS) is 14.7. The number of hydrogen-bond donors (Lipinski definition) is 1. The number of aromatic nitrogens is 4. The number of rotatable bonds is 7. The van der Waals surface area contributed by atoms with E-state index in [1.807, 2.05) is 0 Å². The summed E-state index contributed by atoms with van der Waals surface area (Å²) in [6.45, 7) is 3.17. The first-order chi connectivity index (χ1) is 20.6. The molecule has 0 amide bonds. The number of morpholine rings is 1. The van der Waals surface area contributed by atoms with Crippen molar-refractivity contribution in [3.63, 3.8) is 0 Å². The number of ether oxygens (including phenoxy) is 1. The van der Waals surface area contributed by atoms with Crippen molar-refractivity contribution in [2.45, 2.75) is 38.3 Å². The van der Waals surface area contributed by atoms with Crippen molar-refractivity contribution >= 4 is 23.2 Å². The van der Waals surface area contributed by atoms with Gasteiger partial charge in [-0.3, -0.25) is 4.79 Å². The molecule has 234 valence electrons. The summed E-state index contributed by atoms with van der Waals surface area (Å²) in [5, 5.41) is 23.2. The summed E-state index contributed by atoms with van der Waals surface area (Å²) in [6, 6.07) is 7.40. The highest BCUT2D eigenvalue weighted by Gasteiger charge is 2.39. The Bertz CT molecular complexity index is 1650. The lowest BCUT2D eigenvalue weighted by Crippen LogP contribution is -2.38. The predicted molar refractivity (Wildman–Crippen MR) is 144 cm³/mol. The first-order valence-electron chi connectivity index (χ1n) is 13.1. The number of alkyl halides is 6. The first kappa shape index (κ1) is 31.5. The first-order valence-corrected chi connectivity index (χ1v) is 13.5. The maximum atomic E-state index is 13.8. The van der Waals surface area contributed by atoms with E-state index in [4.69, 9.17) is 20.9 Å². The fourth-order valence-corrected chi connectivity index (χ4v) is 5.02. The molecular weight excluding hydrogens is 620 g/mol. The lowest BCUT2D eigenvalue weighted by molar-refractivity contribution is -0.143.